The number of ether oxygens (including phenoxy) is 1. The van der Waals surface area contributed by atoms with E-state index in [1.165, 1.54) is 18.0 Å². The number of hydrogen-bond acceptors (Lipinski definition) is 7. The Morgan fingerprint density at radius 2 is 2.00 bits per heavy atom. The number of piperazine rings is 1. The highest BCUT2D eigenvalue weighted by molar-refractivity contribution is 5.55. The van der Waals surface area contributed by atoms with Crippen molar-refractivity contribution in [1.82, 2.24) is 24.8 Å². The van der Waals surface area contributed by atoms with Crippen molar-refractivity contribution in [2.24, 2.45) is 7.05 Å². The lowest BCUT2D eigenvalue weighted by atomic mass is 10.0. The van der Waals surface area contributed by atoms with Gasteiger partial charge in [-0.3, -0.25) is 9.36 Å². The van der Waals surface area contributed by atoms with Crippen LogP contribution in [0.1, 0.15) is 11.6 Å². The van der Waals surface area contributed by atoms with Crippen LogP contribution in [0.25, 0.3) is 11.4 Å². The summed E-state index contributed by atoms with van der Waals surface area (Å²) in [5, 5.41) is 3.53. The zero-order chi connectivity index (χ0) is 19.5. The van der Waals surface area contributed by atoms with Crippen molar-refractivity contribution in [2.75, 3.05) is 31.6 Å². The lowest BCUT2D eigenvalue weighted by Crippen LogP contribution is -2.47. The Balaban J connectivity index is 1.64. The summed E-state index contributed by atoms with van der Waals surface area (Å²) in [5.74, 6) is 1.47. The Labute approximate surface area is 162 Å². The Morgan fingerprint density at radius 3 is 2.71 bits per heavy atom. The highest BCUT2D eigenvalue weighted by Crippen LogP contribution is 2.23. The van der Waals surface area contributed by atoms with E-state index in [0.717, 1.165) is 18.8 Å². The molecule has 144 valence electrons. The standard InChI is InChI=1S/C20H22N6O2/c1-25-19(27)11-17(16-7-8-21-13-23-16)24-20(25)26-10-9-22-18(12-26)14-3-5-15(28-2)6-4-14/h3-8,11,13,18,22H,9-10,12H2,1-2H3. The third kappa shape index (κ3) is 3.59. The fraction of sp³-hybridized carbons (Fsp3) is 0.300. The summed E-state index contributed by atoms with van der Waals surface area (Å²) in [6.45, 7) is 2.27. The fourth-order valence-corrected chi connectivity index (χ4v) is 3.37. The molecule has 1 atom stereocenters. The third-order valence-electron chi connectivity index (χ3n) is 4.93. The van der Waals surface area contributed by atoms with Crippen molar-refractivity contribution in [3.8, 4) is 17.1 Å². The predicted molar refractivity (Wildman–Crippen MR) is 106 cm³/mol. The summed E-state index contributed by atoms with van der Waals surface area (Å²) in [6.07, 6.45) is 3.10. The summed E-state index contributed by atoms with van der Waals surface area (Å²) in [6, 6.07) is 11.4. The van der Waals surface area contributed by atoms with Gasteiger partial charge in [0.15, 0.2) is 0 Å². The molecule has 1 unspecified atom stereocenters. The number of hydrogen-bond donors (Lipinski definition) is 1. The molecule has 28 heavy (non-hydrogen) atoms. The van der Waals surface area contributed by atoms with E-state index >= 15 is 0 Å². The second kappa shape index (κ2) is 7.77. The molecule has 4 rings (SSSR count). The molecule has 0 radical (unpaired) electrons. The van der Waals surface area contributed by atoms with Gasteiger partial charge in [0.05, 0.1) is 18.5 Å². The normalized spacial score (nSPS) is 16.8. The summed E-state index contributed by atoms with van der Waals surface area (Å²) < 4.78 is 6.83. The lowest BCUT2D eigenvalue weighted by molar-refractivity contribution is 0.413. The van der Waals surface area contributed by atoms with Gasteiger partial charge in [0.2, 0.25) is 5.95 Å². The van der Waals surface area contributed by atoms with E-state index in [-0.39, 0.29) is 11.6 Å². The Bertz CT molecular complexity index is 1000. The van der Waals surface area contributed by atoms with Gasteiger partial charge in [0.25, 0.3) is 5.56 Å². The van der Waals surface area contributed by atoms with Crippen LogP contribution in [-0.4, -0.2) is 46.3 Å². The van der Waals surface area contributed by atoms with Gasteiger partial charge in [-0.2, -0.15) is 0 Å². The monoisotopic (exact) mass is 378 g/mol. The Kier molecular flexibility index (Phi) is 5.03. The lowest BCUT2D eigenvalue weighted by Gasteiger charge is -2.35. The molecule has 2 aromatic heterocycles. The van der Waals surface area contributed by atoms with Gasteiger partial charge in [0, 0.05) is 45.0 Å². The van der Waals surface area contributed by atoms with Gasteiger partial charge in [-0.1, -0.05) is 12.1 Å². The van der Waals surface area contributed by atoms with Crippen LogP contribution < -0.4 is 20.5 Å². The van der Waals surface area contributed by atoms with Crippen molar-refractivity contribution in [2.45, 2.75) is 6.04 Å². The maximum absolute atomic E-state index is 12.5. The fourth-order valence-electron chi connectivity index (χ4n) is 3.37. The Morgan fingerprint density at radius 1 is 1.18 bits per heavy atom. The minimum absolute atomic E-state index is 0.113. The van der Waals surface area contributed by atoms with E-state index in [4.69, 9.17) is 9.72 Å². The van der Waals surface area contributed by atoms with Gasteiger partial charge in [-0.15, -0.1) is 0 Å². The van der Waals surface area contributed by atoms with Crippen molar-refractivity contribution in [1.29, 1.82) is 0 Å². The molecule has 1 aliphatic heterocycles. The molecule has 0 bridgehead atoms. The second-order valence-corrected chi connectivity index (χ2v) is 6.66. The topological polar surface area (TPSA) is 85.2 Å². The van der Waals surface area contributed by atoms with E-state index in [2.05, 4.69) is 32.3 Å². The summed E-state index contributed by atoms with van der Waals surface area (Å²) in [4.78, 5) is 27.5. The number of nitrogens with one attached hydrogen (secondary N) is 1. The third-order valence-corrected chi connectivity index (χ3v) is 4.93. The van der Waals surface area contributed by atoms with Crippen LogP contribution in [0.5, 0.6) is 5.75 Å². The van der Waals surface area contributed by atoms with Gasteiger partial charge in [-0.05, 0) is 23.8 Å². The maximum atomic E-state index is 12.5. The molecule has 1 aliphatic rings. The molecule has 8 heteroatoms. The average molecular weight is 378 g/mol. The maximum Gasteiger partial charge on any atom is 0.255 e. The van der Waals surface area contributed by atoms with Crippen molar-refractivity contribution >= 4 is 5.95 Å². The number of aromatic nitrogens is 4. The molecule has 1 saturated heterocycles. The van der Waals surface area contributed by atoms with Crippen molar-refractivity contribution < 1.29 is 4.74 Å². The molecular weight excluding hydrogens is 356 g/mol. The number of nitrogens with zero attached hydrogens (tertiary/aromatic N) is 5. The first kappa shape index (κ1) is 18.1. The second-order valence-electron chi connectivity index (χ2n) is 6.66. The van der Waals surface area contributed by atoms with Crippen LogP contribution in [0.4, 0.5) is 5.95 Å². The van der Waals surface area contributed by atoms with E-state index in [1.807, 2.05) is 12.1 Å². The molecule has 0 amide bonds. The van der Waals surface area contributed by atoms with Gasteiger partial charge in [0.1, 0.15) is 12.1 Å². The first-order valence-electron chi connectivity index (χ1n) is 9.12. The molecule has 1 aromatic carbocycles. The average Bonchev–Trinajstić information content (AvgIpc) is 2.76. The molecule has 0 aliphatic carbocycles. The van der Waals surface area contributed by atoms with Crippen molar-refractivity contribution in [3.05, 3.63) is 64.8 Å². The number of benzene rings is 1. The van der Waals surface area contributed by atoms with Crippen LogP contribution >= 0.6 is 0 Å². The summed E-state index contributed by atoms with van der Waals surface area (Å²) in [5.41, 5.74) is 2.25. The van der Waals surface area contributed by atoms with Crippen LogP contribution in [0, 0.1) is 0 Å². The Hall–Kier alpha value is -3.26. The van der Waals surface area contributed by atoms with Crippen LogP contribution in [0.2, 0.25) is 0 Å². The molecule has 0 spiro atoms. The number of rotatable bonds is 4. The molecule has 1 fully saturated rings. The van der Waals surface area contributed by atoms with Crippen LogP contribution in [0.15, 0.2) is 53.7 Å². The minimum Gasteiger partial charge on any atom is -0.497 e. The zero-order valence-corrected chi connectivity index (χ0v) is 15.9. The van der Waals surface area contributed by atoms with Crippen LogP contribution in [-0.2, 0) is 7.05 Å². The first-order chi connectivity index (χ1) is 13.7. The summed E-state index contributed by atoms with van der Waals surface area (Å²) >= 11 is 0. The van der Waals surface area contributed by atoms with Crippen LogP contribution in [0.3, 0.4) is 0 Å². The molecule has 3 heterocycles. The zero-order valence-electron chi connectivity index (χ0n) is 15.9. The highest BCUT2D eigenvalue weighted by Gasteiger charge is 2.24. The molecular formula is C20H22N6O2. The van der Waals surface area contributed by atoms with E-state index in [0.29, 0.717) is 23.9 Å². The molecule has 8 nitrogen and oxygen atoms in total. The quantitative estimate of drug-likeness (QED) is 0.734. The van der Waals surface area contributed by atoms with E-state index < -0.39 is 0 Å². The smallest absolute Gasteiger partial charge is 0.255 e. The van der Waals surface area contributed by atoms with Gasteiger partial charge >= 0.3 is 0 Å². The number of anilines is 1. The van der Waals surface area contributed by atoms with Gasteiger partial charge < -0.3 is 15.0 Å². The minimum atomic E-state index is -0.113. The van der Waals surface area contributed by atoms with Crippen molar-refractivity contribution in [3.63, 3.8) is 0 Å². The predicted octanol–water partition coefficient (Wildman–Crippen LogP) is 1.40. The molecule has 1 N–H and O–H groups in total. The molecule has 3 aromatic rings. The SMILES string of the molecule is COc1ccc(C2CN(c3nc(-c4ccncn4)cc(=O)n3C)CCN2)cc1. The highest BCUT2D eigenvalue weighted by atomic mass is 16.5. The summed E-state index contributed by atoms with van der Waals surface area (Å²) in [7, 11) is 3.41. The van der Waals surface area contributed by atoms with E-state index in [1.54, 1.807) is 31.0 Å². The molecule has 0 saturated carbocycles. The van der Waals surface area contributed by atoms with Gasteiger partial charge in [-0.25, -0.2) is 15.0 Å². The number of methoxy groups -OCH3 is 1. The first-order valence-corrected chi connectivity index (χ1v) is 9.12. The largest absolute Gasteiger partial charge is 0.497 e. The van der Waals surface area contributed by atoms with E-state index in [9.17, 15) is 4.79 Å².